The van der Waals surface area contributed by atoms with Gasteiger partial charge in [0.1, 0.15) is 5.75 Å². The van der Waals surface area contributed by atoms with Gasteiger partial charge >= 0.3 is 0 Å². The fraction of sp³-hybridized carbons (Fsp3) is 0.500. The summed E-state index contributed by atoms with van der Waals surface area (Å²) < 4.78 is 5.63. The minimum atomic E-state index is 0.220. The van der Waals surface area contributed by atoms with E-state index >= 15 is 0 Å². The third kappa shape index (κ3) is 3.11. The summed E-state index contributed by atoms with van der Waals surface area (Å²) in [6.45, 7) is 0.220. The molecule has 0 aliphatic heterocycles. The van der Waals surface area contributed by atoms with Crippen molar-refractivity contribution >= 4 is 11.6 Å². The molecule has 0 aromatic heterocycles. The quantitative estimate of drug-likeness (QED) is 0.837. The topological polar surface area (TPSA) is 29.5 Å². The van der Waals surface area contributed by atoms with Crippen molar-refractivity contribution in [3.05, 3.63) is 28.8 Å². The van der Waals surface area contributed by atoms with Crippen LogP contribution in [0.4, 0.5) is 0 Å². The molecule has 1 aliphatic carbocycles. The van der Waals surface area contributed by atoms with E-state index in [4.69, 9.17) is 21.4 Å². The first kappa shape index (κ1) is 10.8. The summed E-state index contributed by atoms with van der Waals surface area (Å²) in [5.41, 5.74) is 1.15. The lowest BCUT2D eigenvalue weighted by atomic mass is 10.1. The normalized spacial score (nSPS) is 15.3. The van der Waals surface area contributed by atoms with Gasteiger partial charge in [0.05, 0.1) is 11.1 Å². The van der Waals surface area contributed by atoms with Gasteiger partial charge in [0.15, 0.2) is 0 Å². The molecule has 0 spiro atoms. The Labute approximate surface area is 94.8 Å². The SMILES string of the molecule is OCCCc1ccc(OC2CC2)c(Cl)c1. The first-order chi connectivity index (χ1) is 7.29. The van der Waals surface area contributed by atoms with Crippen LogP contribution in [0, 0.1) is 0 Å². The molecule has 82 valence electrons. The van der Waals surface area contributed by atoms with Crippen LogP contribution in [-0.2, 0) is 6.42 Å². The van der Waals surface area contributed by atoms with Crippen LogP contribution in [0.2, 0.25) is 5.02 Å². The number of aliphatic hydroxyl groups excluding tert-OH is 1. The predicted molar refractivity (Wildman–Crippen MR) is 60.5 cm³/mol. The number of ether oxygens (including phenoxy) is 1. The van der Waals surface area contributed by atoms with Crippen molar-refractivity contribution < 1.29 is 9.84 Å². The molecule has 3 heteroatoms. The van der Waals surface area contributed by atoms with Crippen molar-refractivity contribution in [2.45, 2.75) is 31.8 Å². The number of hydrogen-bond acceptors (Lipinski definition) is 2. The van der Waals surface area contributed by atoms with E-state index in [1.165, 1.54) is 0 Å². The molecule has 1 aromatic carbocycles. The van der Waals surface area contributed by atoms with Gasteiger partial charge in [-0.2, -0.15) is 0 Å². The van der Waals surface area contributed by atoms with E-state index in [1.54, 1.807) is 0 Å². The summed E-state index contributed by atoms with van der Waals surface area (Å²) in [6.07, 6.45) is 4.30. The summed E-state index contributed by atoms with van der Waals surface area (Å²) in [7, 11) is 0. The summed E-state index contributed by atoms with van der Waals surface area (Å²) in [4.78, 5) is 0. The molecule has 1 fully saturated rings. The zero-order valence-electron chi connectivity index (χ0n) is 8.58. The van der Waals surface area contributed by atoms with Gasteiger partial charge in [-0.15, -0.1) is 0 Å². The maximum atomic E-state index is 8.72. The van der Waals surface area contributed by atoms with Gasteiger partial charge < -0.3 is 9.84 Å². The van der Waals surface area contributed by atoms with E-state index < -0.39 is 0 Å². The van der Waals surface area contributed by atoms with Crippen LogP contribution in [0.15, 0.2) is 18.2 Å². The molecule has 0 heterocycles. The molecule has 0 saturated heterocycles. The van der Waals surface area contributed by atoms with Crippen molar-refractivity contribution in [2.75, 3.05) is 6.61 Å². The molecule has 1 aliphatic rings. The molecule has 1 saturated carbocycles. The minimum absolute atomic E-state index is 0.220. The first-order valence-electron chi connectivity index (χ1n) is 5.35. The largest absolute Gasteiger partial charge is 0.489 e. The average molecular weight is 227 g/mol. The number of benzene rings is 1. The maximum absolute atomic E-state index is 8.72. The monoisotopic (exact) mass is 226 g/mol. The fourth-order valence-electron chi connectivity index (χ4n) is 1.44. The highest BCUT2D eigenvalue weighted by atomic mass is 35.5. The van der Waals surface area contributed by atoms with Crippen molar-refractivity contribution in [1.29, 1.82) is 0 Å². The molecule has 1 aromatic rings. The summed E-state index contributed by atoms with van der Waals surface area (Å²) in [5.74, 6) is 0.784. The van der Waals surface area contributed by atoms with Gasteiger partial charge in [0.2, 0.25) is 0 Å². The van der Waals surface area contributed by atoms with Gasteiger partial charge in [0, 0.05) is 6.61 Å². The smallest absolute Gasteiger partial charge is 0.138 e. The number of aryl methyl sites for hydroxylation is 1. The molecule has 2 nitrogen and oxygen atoms in total. The average Bonchev–Trinajstić information content (AvgIpc) is 3.02. The highest BCUT2D eigenvalue weighted by Crippen LogP contribution is 2.32. The molecule has 0 atom stereocenters. The third-order valence-electron chi connectivity index (χ3n) is 2.44. The van der Waals surface area contributed by atoms with Crippen LogP contribution in [0.1, 0.15) is 24.8 Å². The Hall–Kier alpha value is -0.730. The number of hydrogen-bond donors (Lipinski definition) is 1. The van der Waals surface area contributed by atoms with Gasteiger partial charge in [-0.25, -0.2) is 0 Å². The van der Waals surface area contributed by atoms with Gasteiger partial charge in [-0.3, -0.25) is 0 Å². The fourth-order valence-corrected chi connectivity index (χ4v) is 1.69. The van der Waals surface area contributed by atoms with Crippen molar-refractivity contribution in [2.24, 2.45) is 0 Å². The summed E-state index contributed by atoms with van der Waals surface area (Å²) >= 11 is 6.09. The highest BCUT2D eigenvalue weighted by Gasteiger charge is 2.24. The zero-order valence-corrected chi connectivity index (χ0v) is 9.33. The standard InChI is InChI=1S/C12H15ClO2/c13-11-8-9(2-1-7-14)3-6-12(11)15-10-4-5-10/h3,6,8,10,14H,1-2,4-5,7H2. The van der Waals surface area contributed by atoms with Crippen molar-refractivity contribution in [3.63, 3.8) is 0 Å². The molecule has 0 radical (unpaired) electrons. The minimum Gasteiger partial charge on any atom is -0.489 e. The Morgan fingerprint density at radius 3 is 2.80 bits per heavy atom. The molecule has 2 rings (SSSR count). The van der Waals surface area contributed by atoms with Crippen LogP contribution in [0.5, 0.6) is 5.75 Å². The highest BCUT2D eigenvalue weighted by molar-refractivity contribution is 6.32. The molecular formula is C12H15ClO2. The molecule has 0 bridgehead atoms. The van der Waals surface area contributed by atoms with E-state index in [0.717, 1.165) is 37.0 Å². The van der Waals surface area contributed by atoms with Crippen LogP contribution in [0.3, 0.4) is 0 Å². The van der Waals surface area contributed by atoms with E-state index in [9.17, 15) is 0 Å². The number of rotatable bonds is 5. The Bertz CT molecular complexity index is 334. The lowest BCUT2D eigenvalue weighted by Gasteiger charge is -2.08. The van der Waals surface area contributed by atoms with Crippen molar-refractivity contribution in [1.82, 2.24) is 0 Å². The van der Waals surface area contributed by atoms with Crippen LogP contribution < -0.4 is 4.74 Å². The van der Waals surface area contributed by atoms with Gasteiger partial charge in [-0.1, -0.05) is 17.7 Å². The number of halogens is 1. The van der Waals surface area contributed by atoms with E-state index in [0.29, 0.717) is 11.1 Å². The summed E-state index contributed by atoms with van der Waals surface area (Å²) in [5, 5.41) is 9.40. The van der Waals surface area contributed by atoms with Crippen molar-refractivity contribution in [3.8, 4) is 5.75 Å². The van der Waals surface area contributed by atoms with E-state index in [-0.39, 0.29) is 6.61 Å². The van der Waals surface area contributed by atoms with Crippen LogP contribution in [-0.4, -0.2) is 17.8 Å². The Morgan fingerprint density at radius 2 is 2.20 bits per heavy atom. The second kappa shape index (κ2) is 4.86. The maximum Gasteiger partial charge on any atom is 0.138 e. The second-order valence-corrected chi connectivity index (χ2v) is 4.32. The lowest BCUT2D eigenvalue weighted by Crippen LogP contribution is -1.97. The Morgan fingerprint density at radius 1 is 1.40 bits per heavy atom. The van der Waals surface area contributed by atoms with Gasteiger partial charge in [0.25, 0.3) is 0 Å². The lowest BCUT2D eigenvalue weighted by molar-refractivity contribution is 0.288. The first-order valence-corrected chi connectivity index (χ1v) is 5.73. The molecule has 0 amide bonds. The molecular weight excluding hydrogens is 212 g/mol. The molecule has 1 N–H and O–H groups in total. The Balaban J connectivity index is 2.00. The second-order valence-electron chi connectivity index (χ2n) is 3.91. The zero-order chi connectivity index (χ0) is 10.7. The van der Waals surface area contributed by atoms with E-state index in [2.05, 4.69) is 0 Å². The van der Waals surface area contributed by atoms with Crippen LogP contribution >= 0.6 is 11.6 Å². The van der Waals surface area contributed by atoms with Crippen LogP contribution in [0.25, 0.3) is 0 Å². The number of aliphatic hydroxyl groups is 1. The summed E-state index contributed by atoms with van der Waals surface area (Å²) in [6, 6.07) is 5.86. The van der Waals surface area contributed by atoms with E-state index in [1.807, 2.05) is 18.2 Å². The Kier molecular flexibility index (Phi) is 3.49. The molecule has 15 heavy (non-hydrogen) atoms. The third-order valence-corrected chi connectivity index (χ3v) is 2.73. The molecule has 0 unspecified atom stereocenters. The predicted octanol–water partition coefficient (Wildman–Crippen LogP) is 2.81. The van der Waals surface area contributed by atoms with Gasteiger partial charge in [-0.05, 0) is 43.4 Å².